The van der Waals surface area contributed by atoms with E-state index in [2.05, 4.69) is 47.0 Å². The van der Waals surface area contributed by atoms with Gasteiger partial charge in [-0.05, 0) is 24.3 Å². The molecular weight excluding hydrogens is 414 g/mol. The molecule has 0 unspecified atom stereocenters. The molecule has 0 spiro atoms. The quantitative estimate of drug-likeness (QED) is 0.481. The van der Waals surface area contributed by atoms with Crippen LogP contribution in [0.15, 0.2) is 35.1 Å². The number of hydrogen-bond donors (Lipinski definition) is 4. The van der Waals surface area contributed by atoms with Gasteiger partial charge in [-0.15, -0.1) is 0 Å². The number of hydrogen-bond acceptors (Lipinski definition) is 8. The van der Waals surface area contributed by atoms with Gasteiger partial charge in [0.1, 0.15) is 12.0 Å². The van der Waals surface area contributed by atoms with Crippen LogP contribution in [0.2, 0.25) is 0 Å². The van der Waals surface area contributed by atoms with E-state index in [1.807, 2.05) is 0 Å². The molecule has 2 heterocycles. The molecule has 0 radical (unpaired) electrons. The van der Waals surface area contributed by atoms with Gasteiger partial charge in [0.25, 0.3) is 5.91 Å². The second-order valence-electron chi connectivity index (χ2n) is 5.95. The highest BCUT2D eigenvalue weighted by Crippen LogP contribution is 2.21. The summed E-state index contributed by atoms with van der Waals surface area (Å²) in [6.45, 7) is 4.96. The van der Waals surface area contributed by atoms with Crippen molar-refractivity contribution in [1.82, 2.24) is 20.3 Å². The highest BCUT2D eigenvalue weighted by molar-refractivity contribution is 9.10. The van der Waals surface area contributed by atoms with Crippen molar-refractivity contribution in [3.05, 3.63) is 40.6 Å². The van der Waals surface area contributed by atoms with Crippen LogP contribution in [0.4, 0.5) is 17.3 Å². The number of carbonyl (C=O) groups excluding carboxylic acids is 1. The Bertz CT molecular complexity index is 766. The molecule has 2 aromatic rings. The van der Waals surface area contributed by atoms with E-state index in [0.717, 1.165) is 37.3 Å². The van der Waals surface area contributed by atoms with Crippen LogP contribution in [0.5, 0.6) is 0 Å². The zero-order valence-corrected chi connectivity index (χ0v) is 16.3. The molecule has 1 aromatic carbocycles. The molecule has 0 aliphatic carbocycles. The number of anilines is 3. The van der Waals surface area contributed by atoms with E-state index in [0.29, 0.717) is 29.4 Å². The van der Waals surface area contributed by atoms with Crippen molar-refractivity contribution in [1.29, 1.82) is 0 Å². The molecule has 5 N–H and O–H groups in total. The zero-order valence-electron chi connectivity index (χ0n) is 14.7. The van der Waals surface area contributed by atoms with Crippen LogP contribution in [0.25, 0.3) is 0 Å². The number of benzene rings is 1. The molecule has 0 bridgehead atoms. The van der Waals surface area contributed by atoms with E-state index in [9.17, 15) is 4.79 Å². The highest BCUT2D eigenvalue weighted by Gasteiger charge is 2.12. The molecule has 1 aliphatic heterocycles. The number of nitrogens with one attached hydrogen (secondary N) is 3. The number of carbonyl (C=O) groups is 1. The fourth-order valence-electron chi connectivity index (χ4n) is 2.58. The molecule has 9 nitrogen and oxygen atoms in total. The number of aromatic nitrogens is 2. The van der Waals surface area contributed by atoms with Crippen molar-refractivity contribution < 1.29 is 9.53 Å². The van der Waals surface area contributed by atoms with Crippen molar-refractivity contribution in [2.24, 2.45) is 0 Å². The van der Waals surface area contributed by atoms with Gasteiger partial charge in [-0.25, -0.2) is 9.97 Å². The van der Waals surface area contributed by atoms with Gasteiger partial charge in [-0.2, -0.15) is 0 Å². The van der Waals surface area contributed by atoms with Gasteiger partial charge in [0.2, 0.25) is 0 Å². The summed E-state index contributed by atoms with van der Waals surface area (Å²) < 4.78 is 6.24. The second-order valence-corrected chi connectivity index (χ2v) is 6.87. The lowest BCUT2D eigenvalue weighted by atomic mass is 10.2. The standard InChI is InChI=1S/C17H22BrN7O2/c18-13-3-1-12(2-4-13)17(26)24-23-16-14(19)15(21-11-22-16)20-5-6-25-7-9-27-10-8-25/h1-4,11H,5-10,19H2,(H,24,26)(H2,20,21,22,23). The van der Waals surface area contributed by atoms with Gasteiger partial charge in [0, 0.05) is 36.2 Å². The fourth-order valence-corrected chi connectivity index (χ4v) is 2.85. The van der Waals surface area contributed by atoms with E-state index in [1.165, 1.54) is 6.33 Å². The molecule has 144 valence electrons. The number of nitrogens with zero attached hydrogens (tertiary/aromatic N) is 3. The minimum atomic E-state index is -0.290. The van der Waals surface area contributed by atoms with E-state index < -0.39 is 0 Å². The molecule has 1 saturated heterocycles. The Morgan fingerprint density at radius 3 is 2.63 bits per heavy atom. The lowest BCUT2D eigenvalue weighted by Gasteiger charge is -2.26. The van der Waals surface area contributed by atoms with Crippen molar-refractivity contribution in [3.8, 4) is 0 Å². The summed E-state index contributed by atoms with van der Waals surface area (Å²) in [4.78, 5) is 22.7. The van der Waals surface area contributed by atoms with Gasteiger partial charge >= 0.3 is 0 Å². The average molecular weight is 436 g/mol. The SMILES string of the molecule is Nc1c(NCCN2CCOCC2)ncnc1NNC(=O)c1ccc(Br)cc1. The van der Waals surface area contributed by atoms with Gasteiger partial charge in [0.05, 0.1) is 13.2 Å². The molecule has 10 heteroatoms. The number of halogens is 1. The highest BCUT2D eigenvalue weighted by atomic mass is 79.9. The summed E-state index contributed by atoms with van der Waals surface area (Å²) in [5, 5.41) is 3.21. The average Bonchev–Trinajstić information content (AvgIpc) is 2.69. The number of amides is 1. The van der Waals surface area contributed by atoms with E-state index in [-0.39, 0.29) is 5.91 Å². The molecule has 27 heavy (non-hydrogen) atoms. The first-order valence-corrected chi connectivity index (χ1v) is 9.39. The van der Waals surface area contributed by atoms with Gasteiger partial charge in [-0.1, -0.05) is 15.9 Å². The van der Waals surface area contributed by atoms with Crippen LogP contribution >= 0.6 is 15.9 Å². The Morgan fingerprint density at radius 1 is 1.19 bits per heavy atom. The smallest absolute Gasteiger partial charge is 0.269 e. The number of hydrazine groups is 1. The first-order chi connectivity index (χ1) is 13.1. The van der Waals surface area contributed by atoms with Crippen molar-refractivity contribution in [2.75, 3.05) is 55.9 Å². The first kappa shape index (κ1) is 19.3. The summed E-state index contributed by atoms with van der Waals surface area (Å²) in [6, 6.07) is 7.01. The Labute approximate surface area is 165 Å². The third-order valence-electron chi connectivity index (χ3n) is 4.11. The maximum atomic E-state index is 12.2. The molecule has 3 rings (SSSR count). The lowest BCUT2D eigenvalue weighted by molar-refractivity contribution is 0.0398. The second kappa shape index (κ2) is 9.49. The number of nitrogen functional groups attached to an aromatic ring is 1. The third kappa shape index (κ3) is 5.52. The van der Waals surface area contributed by atoms with Crippen molar-refractivity contribution in [2.45, 2.75) is 0 Å². The minimum Gasteiger partial charge on any atom is -0.393 e. The first-order valence-electron chi connectivity index (χ1n) is 8.60. The Hall–Kier alpha value is -2.43. The van der Waals surface area contributed by atoms with Crippen LogP contribution in [-0.4, -0.2) is 60.2 Å². The van der Waals surface area contributed by atoms with Crippen LogP contribution < -0.4 is 21.9 Å². The Balaban J connectivity index is 1.52. The van der Waals surface area contributed by atoms with Gasteiger partial charge < -0.3 is 15.8 Å². The molecule has 0 saturated carbocycles. The maximum Gasteiger partial charge on any atom is 0.269 e. The number of nitrogens with two attached hydrogens (primary N) is 1. The predicted octanol–water partition coefficient (Wildman–Crippen LogP) is 1.32. The van der Waals surface area contributed by atoms with Crippen LogP contribution in [0, 0.1) is 0 Å². The molecule has 1 fully saturated rings. The lowest BCUT2D eigenvalue weighted by Crippen LogP contribution is -2.39. The molecule has 1 aliphatic rings. The third-order valence-corrected chi connectivity index (χ3v) is 4.64. The molecular formula is C17H22BrN7O2. The summed E-state index contributed by atoms with van der Waals surface area (Å²) in [7, 11) is 0. The van der Waals surface area contributed by atoms with E-state index in [1.54, 1.807) is 24.3 Å². The summed E-state index contributed by atoms with van der Waals surface area (Å²) in [5.74, 6) is 0.574. The van der Waals surface area contributed by atoms with Crippen molar-refractivity contribution in [3.63, 3.8) is 0 Å². The molecule has 1 amide bonds. The normalized spacial score (nSPS) is 14.6. The monoisotopic (exact) mass is 435 g/mol. The number of rotatable bonds is 7. The maximum absolute atomic E-state index is 12.2. The van der Waals surface area contributed by atoms with Crippen LogP contribution in [0.3, 0.4) is 0 Å². The van der Waals surface area contributed by atoms with E-state index >= 15 is 0 Å². The predicted molar refractivity (Wildman–Crippen MR) is 107 cm³/mol. The number of morpholine rings is 1. The molecule has 0 atom stereocenters. The fraction of sp³-hybridized carbons (Fsp3) is 0.353. The van der Waals surface area contributed by atoms with Gasteiger partial charge in [0.15, 0.2) is 11.6 Å². The van der Waals surface area contributed by atoms with E-state index in [4.69, 9.17) is 10.5 Å². The van der Waals surface area contributed by atoms with Crippen LogP contribution in [0.1, 0.15) is 10.4 Å². The summed E-state index contributed by atoms with van der Waals surface area (Å²) in [5.41, 5.74) is 12.3. The number of ether oxygens (including phenoxy) is 1. The summed E-state index contributed by atoms with van der Waals surface area (Å²) in [6.07, 6.45) is 1.39. The largest absolute Gasteiger partial charge is 0.393 e. The van der Waals surface area contributed by atoms with Crippen molar-refractivity contribution >= 4 is 39.2 Å². The summed E-state index contributed by atoms with van der Waals surface area (Å²) >= 11 is 3.34. The zero-order chi connectivity index (χ0) is 19.1. The topological polar surface area (TPSA) is 117 Å². The van der Waals surface area contributed by atoms with Crippen LogP contribution in [-0.2, 0) is 4.74 Å². The Morgan fingerprint density at radius 2 is 1.89 bits per heavy atom. The Kier molecular flexibility index (Phi) is 6.80. The molecule has 1 aromatic heterocycles. The minimum absolute atomic E-state index is 0.290. The van der Waals surface area contributed by atoms with Gasteiger partial charge in [-0.3, -0.25) is 20.5 Å².